The number of amides is 1. The molecule has 1 atom stereocenters. The van der Waals surface area contributed by atoms with Crippen LogP contribution in [-0.2, 0) is 6.54 Å². The second-order valence-corrected chi connectivity index (χ2v) is 8.29. The highest BCUT2D eigenvalue weighted by Crippen LogP contribution is 2.56. The Morgan fingerprint density at radius 2 is 2.07 bits per heavy atom. The predicted molar refractivity (Wildman–Crippen MR) is 110 cm³/mol. The number of para-hydroxylation sites is 1. The molecule has 2 fully saturated rings. The first-order valence-corrected chi connectivity index (χ1v) is 10.2. The summed E-state index contributed by atoms with van der Waals surface area (Å²) in [5.74, 6) is 0.0501. The van der Waals surface area contributed by atoms with Gasteiger partial charge in [0.15, 0.2) is 5.69 Å². The second kappa shape index (κ2) is 7.26. The quantitative estimate of drug-likeness (QED) is 0.697. The molecule has 1 aromatic carbocycles. The summed E-state index contributed by atoms with van der Waals surface area (Å²) in [5.41, 5.74) is 2.98. The van der Waals surface area contributed by atoms with Gasteiger partial charge in [0.2, 0.25) is 0 Å². The number of nitrogens with zero attached hydrogens (tertiary/aromatic N) is 2. The fourth-order valence-corrected chi connectivity index (χ4v) is 5.05. The van der Waals surface area contributed by atoms with Gasteiger partial charge in [-0.1, -0.05) is 18.2 Å². The summed E-state index contributed by atoms with van der Waals surface area (Å²) in [7, 11) is 0. The van der Waals surface area contributed by atoms with E-state index in [4.69, 9.17) is 0 Å². The predicted octanol–water partition coefficient (Wildman–Crippen LogP) is 3.83. The topological polar surface area (TPSA) is 61.0 Å². The van der Waals surface area contributed by atoms with Crippen LogP contribution in [0.2, 0.25) is 0 Å². The molecule has 1 unspecified atom stereocenters. The molecule has 1 aliphatic carbocycles. The van der Waals surface area contributed by atoms with E-state index in [0.29, 0.717) is 23.7 Å². The van der Waals surface area contributed by atoms with Gasteiger partial charge >= 0.3 is 0 Å². The van der Waals surface area contributed by atoms with Crippen molar-refractivity contribution in [3.05, 3.63) is 52.3 Å². The van der Waals surface area contributed by atoms with Crippen molar-refractivity contribution in [3.8, 4) is 0 Å². The molecule has 7 heteroatoms. The first kappa shape index (κ1) is 18.5. The smallest absolute Gasteiger partial charge is 0.275 e. The van der Waals surface area contributed by atoms with Crippen molar-refractivity contribution in [3.63, 3.8) is 0 Å². The molecule has 1 saturated carbocycles. The zero-order valence-corrected chi connectivity index (χ0v) is 16.6. The molecule has 2 N–H and O–H groups in total. The van der Waals surface area contributed by atoms with E-state index in [1.54, 1.807) is 11.3 Å². The molecule has 0 radical (unpaired) electrons. The van der Waals surface area contributed by atoms with Crippen molar-refractivity contribution in [2.75, 3.05) is 13.1 Å². The fraction of sp³-hybridized carbons (Fsp3) is 0.400. The van der Waals surface area contributed by atoms with Crippen LogP contribution in [0.1, 0.15) is 35.3 Å². The zero-order chi connectivity index (χ0) is 17.6. The van der Waals surface area contributed by atoms with Gasteiger partial charge in [-0.2, -0.15) is 16.4 Å². The highest BCUT2D eigenvalue weighted by molar-refractivity contribution is 7.07. The highest BCUT2D eigenvalue weighted by atomic mass is 35.5. The third-order valence-corrected chi connectivity index (χ3v) is 6.72. The number of halogens is 1. The largest absolute Gasteiger partial charge is 0.329 e. The Hall–Kier alpha value is -1.89. The zero-order valence-electron chi connectivity index (χ0n) is 15.0. The number of piperidine rings is 1. The summed E-state index contributed by atoms with van der Waals surface area (Å²) < 4.78 is 0. The Morgan fingerprint density at radius 3 is 2.85 bits per heavy atom. The van der Waals surface area contributed by atoms with E-state index in [-0.39, 0.29) is 18.3 Å². The van der Waals surface area contributed by atoms with Crippen LogP contribution in [0.3, 0.4) is 0 Å². The van der Waals surface area contributed by atoms with Crippen LogP contribution in [0.5, 0.6) is 0 Å². The van der Waals surface area contributed by atoms with E-state index < -0.39 is 0 Å². The third kappa shape index (κ3) is 3.26. The normalized spacial score (nSPS) is 20.4. The summed E-state index contributed by atoms with van der Waals surface area (Å²) in [6.07, 6.45) is 3.44. The number of hydrogen-bond acceptors (Lipinski definition) is 4. The molecule has 1 saturated heterocycles. The van der Waals surface area contributed by atoms with E-state index in [0.717, 1.165) is 43.3 Å². The van der Waals surface area contributed by atoms with Gasteiger partial charge in [0, 0.05) is 18.0 Å². The summed E-state index contributed by atoms with van der Waals surface area (Å²) in [6, 6.07) is 10.3. The van der Waals surface area contributed by atoms with E-state index in [1.807, 2.05) is 24.3 Å². The highest BCUT2D eigenvalue weighted by Gasteiger charge is 2.58. The van der Waals surface area contributed by atoms with E-state index in [1.165, 1.54) is 5.56 Å². The molecular formula is C20H23ClN4OS. The molecule has 27 heavy (non-hydrogen) atoms. The minimum Gasteiger partial charge on any atom is -0.329 e. The van der Waals surface area contributed by atoms with Crippen molar-refractivity contribution in [2.45, 2.75) is 31.8 Å². The van der Waals surface area contributed by atoms with Crippen molar-refractivity contribution in [2.24, 2.45) is 5.41 Å². The second-order valence-electron chi connectivity index (χ2n) is 7.51. The van der Waals surface area contributed by atoms with Crippen LogP contribution >= 0.6 is 23.7 Å². The van der Waals surface area contributed by atoms with Crippen LogP contribution in [-0.4, -0.2) is 40.1 Å². The van der Waals surface area contributed by atoms with E-state index in [2.05, 4.69) is 37.2 Å². The fourth-order valence-electron chi connectivity index (χ4n) is 4.39. The van der Waals surface area contributed by atoms with Crippen LogP contribution in [0.15, 0.2) is 41.1 Å². The van der Waals surface area contributed by atoms with Crippen molar-refractivity contribution >= 4 is 40.6 Å². The Kier molecular flexibility index (Phi) is 4.97. The molecule has 5 rings (SSSR count). The number of aromatic nitrogens is 2. The van der Waals surface area contributed by atoms with Crippen LogP contribution < -0.4 is 5.32 Å². The number of nitrogens with one attached hydrogen (secondary N) is 2. The van der Waals surface area contributed by atoms with Crippen LogP contribution in [0, 0.1) is 5.41 Å². The average molecular weight is 403 g/mol. The SMILES string of the molecule is Cl.O=C(c1n[nH]c2ccccc12)N(Cc1ccsc1)C1CC12CCNCC2. The number of carbonyl (C=O) groups excluding carboxylic acids is 1. The number of H-pyrrole nitrogens is 1. The molecule has 5 nitrogen and oxygen atoms in total. The van der Waals surface area contributed by atoms with Crippen molar-refractivity contribution < 1.29 is 4.79 Å². The maximum atomic E-state index is 13.5. The van der Waals surface area contributed by atoms with Gasteiger partial charge < -0.3 is 10.2 Å². The number of fused-ring (bicyclic) bond motifs is 1. The molecule has 2 aliphatic rings. The summed E-state index contributed by atoms with van der Waals surface area (Å²) in [5, 5.41) is 15.9. The first-order chi connectivity index (χ1) is 12.8. The number of carbonyl (C=O) groups is 1. The number of rotatable bonds is 4. The molecule has 1 spiro atoms. The Labute approximate surface area is 168 Å². The molecule has 1 aliphatic heterocycles. The first-order valence-electron chi connectivity index (χ1n) is 9.23. The summed E-state index contributed by atoms with van der Waals surface area (Å²) >= 11 is 1.68. The third-order valence-electron chi connectivity index (χ3n) is 5.99. The molecule has 142 valence electrons. The summed E-state index contributed by atoms with van der Waals surface area (Å²) in [4.78, 5) is 15.6. The molecule has 0 bridgehead atoms. The minimum atomic E-state index is 0. The Morgan fingerprint density at radius 1 is 1.26 bits per heavy atom. The minimum absolute atomic E-state index is 0. The van der Waals surface area contributed by atoms with Gasteiger partial charge in [-0.15, -0.1) is 12.4 Å². The van der Waals surface area contributed by atoms with Gasteiger partial charge in [-0.05, 0) is 66.2 Å². The van der Waals surface area contributed by atoms with Crippen LogP contribution in [0.25, 0.3) is 10.9 Å². The van der Waals surface area contributed by atoms with Gasteiger partial charge in [0.25, 0.3) is 5.91 Å². The summed E-state index contributed by atoms with van der Waals surface area (Å²) in [6.45, 7) is 2.79. The Balaban J connectivity index is 0.00000180. The number of hydrogen-bond donors (Lipinski definition) is 2. The van der Waals surface area contributed by atoms with Crippen molar-refractivity contribution in [1.82, 2.24) is 20.4 Å². The maximum absolute atomic E-state index is 13.5. The molecular weight excluding hydrogens is 380 g/mol. The number of thiophene rings is 1. The molecule has 1 amide bonds. The van der Waals surface area contributed by atoms with Gasteiger partial charge in [-0.25, -0.2) is 0 Å². The Bertz CT molecular complexity index is 933. The van der Waals surface area contributed by atoms with Crippen LogP contribution in [0.4, 0.5) is 0 Å². The average Bonchev–Trinajstić information content (AvgIpc) is 3.08. The van der Waals surface area contributed by atoms with Gasteiger partial charge in [0.05, 0.1) is 5.52 Å². The lowest BCUT2D eigenvalue weighted by molar-refractivity contribution is 0.0688. The molecule has 3 heterocycles. The lowest BCUT2D eigenvalue weighted by Crippen LogP contribution is -2.39. The molecule has 3 aromatic rings. The lowest BCUT2D eigenvalue weighted by Gasteiger charge is -2.29. The number of aromatic amines is 1. The lowest BCUT2D eigenvalue weighted by atomic mass is 9.93. The van der Waals surface area contributed by atoms with E-state index >= 15 is 0 Å². The van der Waals surface area contributed by atoms with Gasteiger partial charge in [0.1, 0.15) is 0 Å². The standard InChI is InChI=1S/C20H22N4OS.ClH/c25-19(18-15-3-1-2-4-16(15)22-23-18)24(12-14-5-10-26-13-14)17-11-20(17)6-8-21-9-7-20;/h1-5,10,13,17,21H,6-9,11-12H2,(H,22,23);1H. The monoisotopic (exact) mass is 402 g/mol. The van der Waals surface area contributed by atoms with E-state index in [9.17, 15) is 4.79 Å². The van der Waals surface area contributed by atoms with Gasteiger partial charge in [-0.3, -0.25) is 9.89 Å². The maximum Gasteiger partial charge on any atom is 0.275 e. The molecule has 2 aromatic heterocycles. The van der Waals surface area contributed by atoms with Crippen molar-refractivity contribution in [1.29, 1.82) is 0 Å². The number of benzene rings is 1.